The summed E-state index contributed by atoms with van der Waals surface area (Å²) in [5, 5.41) is 0.412. The molecular weight excluding hydrogens is 528 g/mol. The summed E-state index contributed by atoms with van der Waals surface area (Å²) < 4.78 is 6.27. The molecule has 1 N–H and O–H groups in total. The van der Waals surface area contributed by atoms with Crippen LogP contribution in [0.3, 0.4) is 0 Å². The van der Waals surface area contributed by atoms with Crippen molar-refractivity contribution in [1.82, 2.24) is 4.98 Å². The number of aromatic nitrogens is 1. The monoisotopic (exact) mass is 548 g/mol. The second-order valence-corrected chi connectivity index (χ2v) is 11.7. The van der Waals surface area contributed by atoms with Crippen molar-refractivity contribution in [2.24, 2.45) is 5.92 Å². The number of aromatic amines is 1. The first kappa shape index (κ1) is 24.0. The van der Waals surface area contributed by atoms with Crippen LogP contribution in [0, 0.1) is 12.8 Å². The number of hydrogen-bond acceptors (Lipinski definition) is 6. The standard InChI is InChI=1S/C28H21ClN2O4S2/c1-15-6-5-7-16(12-15)14-35-20-11-10-17(29)13-19(20)21-22-24(36-25-23(21)37-28(34)30-25)27(33)31(26(22)32)18-8-3-2-4-9-18/h2-13,21-22,24H,14H2,1H3,(H,30,34)/t21-,22?,24?/m1/s1. The molecule has 1 fully saturated rings. The lowest BCUT2D eigenvalue weighted by Gasteiger charge is -2.31. The summed E-state index contributed by atoms with van der Waals surface area (Å²) in [6, 6.07) is 22.3. The topological polar surface area (TPSA) is 79.5 Å². The van der Waals surface area contributed by atoms with Crippen LogP contribution in [0.1, 0.15) is 27.5 Å². The molecule has 3 aromatic carbocycles. The Morgan fingerprint density at radius 2 is 1.78 bits per heavy atom. The molecule has 4 aromatic rings. The molecule has 6 rings (SSSR count). The van der Waals surface area contributed by atoms with E-state index in [-0.39, 0.29) is 16.7 Å². The summed E-state index contributed by atoms with van der Waals surface area (Å²) in [6.07, 6.45) is 0. The van der Waals surface area contributed by atoms with E-state index in [1.165, 1.54) is 16.7 Å². The van der Waals surface area contributed by atoms with Crippen molar-refractivity contribution in [2.75, 3.05) is 4.90 Å². The van der Waals surface area contributed by atoms with Crippen LogP contribution >= 0.6 is 34.7 Å². The number of nitrogens with one attached hydrogen (secondary N) is 1. The number of aryl methyl sites for hydroxylation is 1. The van der Waals surface area contributed by atoms with Gasteiger partial charge in [-0.3, -0.25) is 14.4 Å². The Morgan fingerprint density at radius 3 is 2.57 bits per heavy atom. The van der Waals surface area contributed by atoms with Crippen LogP contribution < -0.4 is 14.5 Å². The maximum Gasteiger partial charge on any atom is 0.305 e. The number of benzene rings is 3. The van der Waals surface area contributed by atoms with E-state index in [1.54, 1.807) is 42.5 Å². The number of carbonyl (C=O) groups is 2. The Hall–Kier alpha value is -3.33. The fourth-order valence-corrected chi connectivity index (χ4v) is 7.73. The van der Waals surface area contributed by atoms with Crippen molar-refractivity contribution < 1.29 is 14.3 Å². The highest BCUT2D eigenvalue weighted by molar-refractivity contribution is 8.00. The van der Waals surface area contributed by atoms with Crippen LogP contribution in [-0.2, 0) is 16.2 Å². The van der Waals surface area contributed by atoms with Crippen molar-refractivity contribution in [3.8, 4) is 5.75 Å². The SMILES string of the molecule is Cc1cccc(COc2ccc(Cl)cc2[C@H]2c3sc(=O)[nH]c3SC3C(=O)N(c4ccccc4)C(=O)C32)c1. The second-order valence-electron chi connectivity index (χ2n) is 9.06. The molecule has 2 unspecified atom stereocenters. The summed E-state index contributed by atoms with van der Waals surface area (Å²) >= 11 is 8.76. The number of nitrogens with zero attached hydrogens (tertiary/aromatic N) is 1. The van der Waals surface area contributed by atoms with Gasteiger partial charge in [-0.05, 0) is 42.8 Å². The maximum atomic E-state index is 13.9. The van der Waals surface area contributed by atoms with Gasteiger partial charge in [0.15, 0.2) is 0 Å². The van der Waals surface area contributed by atoms with Crippen molar-refractivity contribution in [3.63, 3.8) is 0 Å². The third-order valence-electron chi connectivity index (χ3n) is 6.62. The van der Waals surface area contributed by atoms with E-state index in [4.69, 9.17) is 16.3 Å². The number of anilines is 1. The van der Waals surface area contributed by atoms with Gasteiger partial charge in [-0.25, -0.2) is 4.90 Å². The van der Waals surface area contributed by atoms with Crippen LogP contribution in [0.15, 0.2) is 82.6 Å². The molecule has 9 heteroatoms. The molecule has 37 heavy (non-hydrogen) atoms. The lowest BCUT2D eigenvalue weighted by atomic mass is 9.82. The summed E-state index contributed by atoms with van der Waals surface area (Å²) in [6.45, 7) is 2.35. The number of imide groups is 1. The normalized spacial score (nSPS) is 20.6. The zero-order valence-corrected chi connectivity index (χ0v) is 22.0. The van der Waals surface area contributed by atoms with Crippen molar-refractivity contribution in [1.29, 1.82) is 0 Å². The average Bonchev–Trinajstić information content (AvgIpc) is 3.38. The number of ether oxygens (including phenoxy) is 1. The molecule has 0 radical (unpaired) electrons. The van der Waals surface area contributed by atoms with Gasteiger partial charge in [0, 0.05) is 21.4 Å². The molecule has 0 bridgehead atoms. The van der Waals surface area contributed by atoms with Gasteiger partial charge in [0.2, 0.25) is 11.8 Å². The third kappa shape index (κ3) is 4.29. The van der Waals surface area contributed by atoms with Gasteiger partial charge in [-0.1, -0.05) is 82.7 Å². The molecule has 2 aliphatic heterocycles. The Kier molecular flexibility index (Phi) is 6.18. The number of thioether (sulfide) groups is 1. The Labute approximate surface area is 226 Å². The van der Waals surface area contributed by atoms with E-state index in [0.717, 1.165) is 27.3 Å². The number of H-pyrrole nitrogens is 1. The smallest absolute Gasteiger partial charge is 0.305 e. The van der Waals surface area contributed by atoms with E-state index in [2.05, 4.69) is 11.1 Å². The Morgan fingerprint density at radius 1 is 0.973 bits per heavy atom. The van der Waals surface area contributed by atoms with Gasteiger partial charge in [-0.2, -0.15) is 0 Å². The molecular formula is C28H21ClN2O4S2. The lowest BCUT2D eigenvalue weighted by molar-refractivity contribution is -0.122. The maximum absolute atomic E-state index is 13.9. The molecule has 1 saturated heterocycles. The zero-order valence-electron chi connectivity index (χ0n) is 19.6. The highest BCUT2D eigenvalue weighted by Gasteiger charge is 2.56. The predicted molar refractivity (Wildman–Crippen MR) is 146 cm³/mol. The van der Waals surface area contributed by atoms with Gasteiger partial charge in [0.25, 0.3) is 0 Å². The van der Waals surface area contributed by atoms with Crippen molar-refractivity contribution in [2.45, 2.75) is 29.7 Å². The summed E-state index contributed by atoms with van der Waals surface area (Å²) in [7, 11) is 0. The number of para-hydroxylation sites is 1. The largest absolute Gasteiger partial charge is 0.489 e. The second kappa shape index (κ2) is 9.52. The van der Waals surface area contributed by atoms with Crippen LogP contribution in [0.5, 0.6) is 5.75 Å². The van der Waals surface area contributed by atoms with Crippen LogP contribution in [0.2, 0.25) is 5.02 Å². The van der Waals surface area contributed by atoms with Gasteiger partial charge in [-0.15, -0.1) is 0 Å². The van der Waals surface area contributed by atoms with Gasteiger partial charge < -0.3 is 9.72 Å². The van der Waals surface area contributed by atoms with E-state index in [0.29, 0.717) is 33.7 Å². The Balaban J connectivity index is 1.45. The number of carbonyl (C=O) groups excluding carboxylic acids is 2. The number of fused-ring (bicyclic) bond motifs is 2. The van der Waals surface area contributed by atoms with Gasteiger partial charge in [0.1, 0.15) is 17.6 Å². The molecule has 2 aliphatic rings. The number of hydrogen-bond donors (Lipinski definition) is 1. The molecule has 0 spiro atoms. The van der Waals surface area contributed by atoms with E-state index >= 15 is 0 Å². The quantitative estimate of drug-likeness (QED) is 0.320. The average molecular weight is 549 g/mol. The van der Waals surface area contributed by atoms with Crippen LogP contribution in [0.25, 0.3) is 0 Å². The number of thiazole rings is 1. The first-order valence-electron chi connectivity index (χ1n) is 11.7. The van der Waals surface area contributed by atoms with Crippen LogP contribution in [0.4, 0.5) is 5.69 Å². The summed E-state index contributed by atoms with van der Waals surface area (Å²) in [4.78, 5) is 44.5. The Bertz CT molecular complexity index is 1580. The highest BCUT2D eigenvalue weighted by atomic mass is 35.5. The molecule has 1 aromatic heterocycles. The summed E-state index contributed by atoms with van der Waals surface area (Å²) in [5.74, 6) is -1.31. The van der Waals surface area contributed by atoms with Crippen molar-refractivity contribution in [3.05, 3.63) is 109 Å². The fraction of sp³-hybridized carbons (Fsp3) is 0.179. The molecule has 3 atom stereocenters. The van der Waals surface area contributed by atoms with E-state index < -0.39 is 17.1 Å². The van der Waals surface area contributed by atoms with Crippen LogP contribution in [-0.4, -0.2) is 22.0 Å². The summed E-state index contributed by atoms with van der Waals surface area (Å²) in [5.41, 5.74) is 3.35. The number of halogens is 1. The minimum absolute atomic E-state index is 0.230. The predicted octanol–water partition coefficient (Wildman–Crippen LogP) is 5.77. The molecule has 3 heterocycles. The molecule has 186 valence electrons. The number of amides is 2. The van der Waals surface area contributed by atoms with Gasteiger partial charge in [0.05, 0.1) is 16.6 Å². The minimum Gasteiger partial charge on any atom is -0.489 e. The van der Waals surface area contributed by atoms with E-state index in [9.17, 15) is 14.4 Å². The molecule has 0 aliphatic carbocycles. The van der Waals surface area contributed by atoms with Gasteiger partial charge >= 0.3 is 4.87 Å². The third-order valence-corrected chi connectivity index (χ3v) is 9.26. The van der Waals surface area contributed by atoms with E-state index in [1.807, 2.05) is 31.2 Å². The molecule has 6 nitrogen and oxygen atoms in total. The molecule has 2 amide bonds. The lowest BCUT2D eigenvalue weighted by Crippen LogP contribution is -2.32. The number of rotatable bonds is 5. The molecule has 0 saturated carbocycles. The fourth-order valence-electron chi connectivity index (χ4n) is 5.04. The van der Waals surface area contributed by atoms with Crippen molar-refractivity contribution >= 4 is 52.2 Å². The minimum atomic E-state index is -0.712. The first-order chi connectivity index (χ1) is 17.9. The zero-order chi connectivity index (χ0) is 25.7. The highest BCUT2D eigenvalue weighted by Crippen LogP contribution is 2.54. The first-order valence-corrected chi connectivity index (χ1v) is 13.8.